The van der Waals surface area contributed by atoms with Crippen LogP contribution in [-0.2, 0) is 16.4 Å². The summed E-state index contributed by atoms with van der Waals surface area (Å²) in [6.45, 7) is 1.81. The third-order valence-corrected chi connectivity index (χ3v) is 4.75. The molecule has 5 nitrogen and oxygen atoms in total. The Kier molecular flexibility index (Phi) is 5.33. The summed E-state index contributed by atoms with van der Waals surface area (Å²) in [7, 11) is -0.442. The van der Waals surface area contributed by atoms with E-state index in [1.54, 1.807) is 20.1 Å². The molecule has 0 amide bonds. The zero-order valence-corrected chi connectivity index (χ0v) is 12.1. The summed E-state index contributed by atoms with van der Waals surface area (Å²) in [5, 5.41) is 8.53. The van der Waals surface area contributed by atoms with Crippen LogP contribution in [0, 0.1) is 11.3 Å². The van der Waals surface area contributed by atoms with Crippen LogP contribution in [0.4, 0.5) is 0 Å². The van der Waals surface area contributed by atoms with Crippen molar-refractivity contribution in [2.45, 2.75) is 19.4 Å². The molecule has 0 saturated heterocycles. The standard InChI is InChI=1S/C13H18N2O3S/c1-11(15(2)19(16,17)9-8-14)10-12-6-4-5-7-13(12)18-3/h4-7,11H,9-10H2,1-3H3. The van der Waals surface area contributed by atoms with Crippen molar-refractivity contribution in [3.63, 3.8) is 0 Å². The molecule has 6 heteroatoms. The highest BCUT2D eigenvalue weighted by molar-refractivity contribution is 7.89. The summed E-state index contributed by atoms with van der Waals surface area (Å²) in [6, 6.07) is 8.92. The molecular weight excluding hydrogens is 264 g/mol. The fourth-order valence-corrected chi connectivity index (χ4v) is 2.77. The van der Waals surface area contributed by atoms with Crippen molar-refractivity contribution in [1.82, 2.24) is 4.31 Å². The van der Waals surface area contributed by atoms with E-state index < -0.39 is 15.8 Å². The fourth-order valence-electron chi connectivity index (χ4n) is 1.78. The third kappa shape index (κ3) is 3.94. The molecule has 1 atom stereocenters. The van der Waals surface area contributed by atoms with E-state index in [9.17, 15) is 8.42 Å². The summed E-state index contributed by atoms with van der Waals surface area (Å²) in [6.07, 6.45) is 0.533. The smallest absolute Gasteiger partial charge is 0.227 e. The lowest BCUT2D eigenvalue weighted by Gasteiger charge is -2.23. The van der Waals surface area contributed by atoms with Crippen molar-refractivity contribution in [2.24, 2.45) is 0 Å². The highest BCUT2D eigenvalue weighted by Gasteiger charge is 2.23. The Hall–Kier alpha value is -1.58. The Morgan fingerprint density at radius 1 is 1.42 bits per heavy atom. The maximum atomic E-state index is 11.8. The predicted molar refractivity (Wildman–Crippen MR) is 73.3 cm³/mol. The molecule has 0 saturated carbocycles. The van der Waals surface area contributed by atoms with Gasteiger partial charge in [0.05, 0.1) is 13.2 Å². The van der Waals surface area contributed by atoms with Crippen LogP contribution in [0.1, 0.15) is 12.5 Å². The molecular formula is C13H18N2O3S. The van der Waals surface area contributed by atoms with Gasteiger partial charge in [0, 0.05) is 13.1 Å². The van der Waals surface area contributed by atoms with Crippen molar-refractivity contribution < 1.29 is 13.2 Å². The Labute approximate surface area is 114 Å². The van der Waals surface area contributed by atoms with Gasteiger partial charge in [-0.05, 0) is 25.0 Å². The zero-order chi connectivity index (χ0) is 14.5. The number of nitrogens with zero attached hydrogens (tertiary/aromatic N) is 2. The minimum atomic E-state index is -3.52. The van der Waals surface area contributed by atoms with Gasteiger partial charge in [0.25, 0.3) is 0 Å². The molecule has 19 heavy (non-hydrogen) atoms. The second-order valence-corrected chi connectivity index (χ2v) is 6.32. The molecule has 1 aromatic rings. The number of likely N-dealkylation sites (N-methyl/N-ethyl adjacent to an activating group) is 1. The first-order chi connectivity index (χ1) is 8.92. The van der Waals surface area contributed by atoms with E-state index in [1.807, 2.05) is 24.3 Å². The van der Waals surface area contributed by atoms with Gasteiger partial charge in [-0.1, -0.05) is 18.2 Å². The van der Waals surface area contributed by atoms with E-state index >= 15 is 0 Å². The molecule has 1 rings (SSSR count). The number of nitriles is 1. The first-order valence-electron chi connectivity index (χ1n) is 5.87. The molecule has 0 N–H and O–H groups in total. The van der Waals surface area contributed by atoms with Gasteiger partial charge in [-0.2, -0.15) is 5.26 Å². The molecule has 0 spiro atoms. The average Bonchev–Trinajstić information content (AvgIpc) is 2.38. The molecule has 1 aromatic carbocycles. The Morgan fingerprint density at radius 3 is 2.63 bits per heavy atom. The van der Waals surface area contributed by atoms with Crippen LogP contribution in [-0.4, -0.2) is 38.7 Å². The number of hydrogen-bond acceptors (Lipinski definition) is 4. The normalized spacial score (nSPS) is 13.0. The monoisotopic (exact) mass is 282 g/mol. The summed E-state index contributed by atoms with van der Waals surface area (Å²) >= 11 is 0. The van der Waals surface area contributed by atoms with Crippen LogP contribution in [0.5, 0.6) is 5.75 Å². The lowest BCUT2D eigenvalue weighted by molar-refractivity contribution is 0.375. The maximum Gasteiger partial charge on any atom is 0.227 e. The molecule has 0 aliphatic carbocycles. The summed E-state index contributed by atoms with van der Waals surface area (Å²) in [4.78, 5) is 0. The molecule has 1 unspecified atom stereocenters. The van der Waals surface area contributed by atoms with Crippen LogP contribution < -0.4 is 4.74 Å². The zero-order valence-electron chi connectivity index (χ0n) is 11.3. The first-order valence-corrected chi connectivity index (χ1v) is 7.48. The van der Waals surface area contributed by atoms with Crippen molar-refractivity contribution >= 4 is 10.0 Å². The average molecular weight is 282 g/mol. The molecule has 0 heterocycles. The van der Waals surface area contributed by atoms with E-state index in [1.165, 1.54) is 11.4 Å². The number of sulfonamides is 1. The van der Waals surface area contributed by atoms with Gasteiger partial charge in [-0.25, -0.2) is 12.7 Å². The third-order valence-electron chi connectivity index (χ3n) is 3.01. The highest BCUT2D eigenvalue weighted by atomic mass is 32.2. The topological polar surface area (TPSA) is 70.4 Å². The highest BCUT2D eigenvalue weighted by Crippen LogP contribution is 2.21. The predicted octanol–water partition coefficient (Wildman–Crippen LogP) is 1.41. The number of benzene rings is 1. The van der Waals surface area contributed by atoms with Gasteiger partial charge in [-0.3, -0.25) is 0 Å². The van der Waals surface area contributed by atoms with E-state index in [0.29, 0.717) is 6.42 Å². The van der Waals surface area contributed by atoms with Gasteiger partial charge in [0.15, 0.2) is 5.75 Å². The van der Waals surface area contributed by atoms with Crippen molar-refractivity contribution in [3.8, 4) is 11.8 Å². The second kappa shape index (κ2) is 6.55. The van der Waals surface area contributed by atoms with Gasteiger partial charge in [0.2, 0.25) is 10.0 Å². The molecule has 0 bridgehead atoms. The number of methoxy groups -OCH3 is 1. The SMILES string of the molecule is COc1ccccc1CC(C)N(C)S(=O)(=O)CC#N. The van der Waals surface area contributed by atoms with E-state index in [0.717, 1.165) is 11.3 Å². The van der Waals surface area contributed by atoms with Crippen molar-refractivity contribution in [3.05, 3.63) is 29.8 Å². The van der Waals surface area contributed by atoms with Crippen LogP contribution in [0.3, 0.4) is 0 Å². The summed E-state index contributed by atoms with van der Waals surface area (Å²) in [5.74, 6) is 0.236. The van der Waals surface area contributed by atoms with Gasteiger partial charge >= 0.3 is 0 Å². The summed E-state index contributed by atoms with van der Waals surface area (Å²) < 4.78 is 30.1. The minimum Gasteiger partial charge on any atom is -0.496 e. The Morgan fingerprint density at radius 2 is 2.05 bits per heavy atom. The number of hydrogen-bond donors (Lipinski definition) is 0. The number of ether oxygens (including phenoxy) is 1. The lowest BCUT2D eigenvalue weighted by Crippen LogP contribution is -2.37. The Balaban J connectivity index is 2.86. The van der Waals surface area contributed by atoms with Crippen LogP contribution in [0.2, 0.25) is 0 Å². The quantitative estimate of drug-likeness (QED) is 0.791. The maximum absolute atomic E-state index is 11.8. The second-order valence-electron chi connectivity index (χ2n) is 4.30. The number of para-hydroxylation sites is 1. The molecule has 0 aromatic heterocycles. The molecule has 0 radical (unpaired) electrons. The van der Waals surface area contributed by atoms with Crippen LogP contribution >= 0.6 is 0 Å². The van der Waals surface area contributed by atoms with E-state index in [-0.39, 0.29) is 6.04 Å². The van der Waals surface area contributed by atoms with Crippen LogP contribution in [0.25, 0.3) is 0 Å². The van der Waals surface area contributed by atoms with Gasteiger partial charge in [-0.15, -0.1) is 0 Å². The van der Waals surface area contributed by atoms with Crippen molar-refractivity contribution in [1.29, 1.82) is 5.26 Å². The van der Waals surface area contributed by atoms with Gasteiger partial charge in [0.1, 0.15) is 5.75 Å². The molecule has 104 valence electrons. The molecule has 0 aliphatic heterocycles. The first kappa shape index (κ1) is 15.5. The molecule has 0 aliphatic rings. The van der Waals surface area contributed by atoms with Gasteiger partial charge < -0.3 is 4.74 Å². The minimum absolute atomic E-state index is 0.241. The number of rotatable bonds is 6. The fraction of sp³-hybridized carbons (Fsp3) is 0.462. The van der Waals surface area contributed by atoms with Crippen LogP contribution in [0.15, 0.2) is 24.3 Å². The van der Waals surface area contributed by atoms with Crippen molar-refractivity contribution in [2.75, 3.05) is 19.9 Å². The summed E-state index contributed by atoms with van der Waals surface area (Å²) in [5.41, 5.74) is 0.941. The van der Waals surface area contributed by atoms with E-state index in [2.05, 4.69) is 0 Å². The largest absolute Gasteiger partial charge is 0.496 e. The lowest BCUT2D eigenvalue weighted by atomic mass is 10.1. The Bertz CT molecular complexity index is 563. The van der Waals surface area contributed by atoms with E-state index in [4.69, 9.17) is 10.00 Å². The molecule has 0 fully saturated rings.